The van der Waals surface area contributed by atoms with Crippen molar-refractivity contribution in [3.05, 3.63) is 62.3 Å². The molecule has 1 N–H and O–H groups in total. The Bertz CT molecular complexity index is 818. The molecule has 0 aliphatic heterocycles. The number of aromatic amines is 1. The van der Waals surface area contributed by atoms with Crippen LogP contribution < -0.4 is 5.56 Å². The summed E-state index contributed by atoms with van der Waals surface area (Å²) in [6.07, 6.45) is 2.32. The summed E-state index contributed by atoms with van der Waals surface area (Å²) in [7, 11) is 0. The Morgan fingerprint density at radius 1 is 1.15 bits per heavy atom. The van der Waals surface area contributed by atoms with Crippen LogP contribution in [-0.4, -0.2) is 21.5 Å². The summed E-state index contributed by atoms with van der Waals surface area (Å²) in [5.41, 5.74) is 1.76. The quantitative estimate of drug-likeness (QED) is 0.723. The second-order valence-corrected chi connectivity index (χ2v) is 4.82. The summed E-state index contributed by atoms with van der Waals surface area (Å²) in [5, 5.41) is 0. The molecule has 0 spiro atoms. The zero-order valence-corrected chi connectivity index (χ0v) is 11.1. The van der Waals surface area contributed by atoms with Gasteiger partial charge in [-0.3, -0.25) is 19.4 Å². The van der Waals surface area contributed by atoms with E-state index in [0.717, 1.165) is 12.0 Å². The van der Waals surface area contributed by atoms with E-state index in [1.54, 1.807) is 19.2 Å². The minimum absolute atomic E-state index is 0.0456. The average molecular weight is 268 g/mol. The van der Waals surface area contributed by atoms with Crippen LogP contribution in [0.1, 0.15) is 50.2 Å². The Morgan fingerprint density at radius 3 is 2.60 bits per heavy atom. The van der Waals surface area contributed by atoms with Gasteiger partial charge in [0.15, 0.2) is 5.78 Å². The monoisotopic (exact) mass is 268 g/mol. The van der Waals surface area contributed by atoms with E-state index < -0.39 is 11.3 Å². The lowest BCUT2D eigenvalue weighted by molar-refractivity contribution is 0.0970. The van der Waals surface area contributed by atoms with Crippen LogP contribution in [-0.2, 0) is 6.42 Å². The van der Waals surface area contributed by atoms with Gasteiger partial charge in [0.2, 0.25) is 11.3 Å². The van der Waals surface area contributed by atoms with Gasteiger partial charge in [-0.15, -0.1) is 0 Å². The number of nitrogens with zero attached hydrogens (tertiary/aromatic N) is 1. The molecule has 0 fully saturated rings. The first-order chi connectivity index (χ1) is 9.52. The Kier molecular flexibility index (Phi) is 2.64. The molecule has 2 aromatic heterocycles. The van der Waals surface area contributed by atoms with Crippen molar-refractivity contribution in [2.24, 2.45) is 0 Å². The van der Waals surface area contributed by atoms with Crippen molar-refractivity contribution in [2.45, 2.75) is 20.3 Å². The first kappa shape index (κ1) is 12.5. The molecule has 0 saturated carbocycles. The van der Waals surface area contributed by atoms with E-state index in [2.05, 4.69) is 9.97 Å². The van der Waals surface area contributed by atoms with Crippen LogP contribution in [0.5, 0.6) is 0 Å². The summed E-state index contributed by atoms with van der Waals surface area (Å²) in [6, 6.07) is 3.03. The number of carbonyl (C=O) groups excluding carboxylic acids is 2. The molecule has 2 aromatic rings. The van der Waals surface area contributed by atoms with Gasteiger partial charge in [-0.2, -0.15) is 0 Å². The second-order valence-electron chi connectivity index (χ2n) is 4.82. The Labute approximate surface area is 114 Å². The maximum Gasteiger partial charge on any atom is 0.248 e. The van der Waals surface area contributed by atoms with Gasteiger partial charge in [-0.05, 0) is 30.5 Å². The van der Waals surface area contributed by atoms with Crippen molar-refractivity contribution in [3.63, 3.8) is 0 Å². The van der Waals surface area contributed by atoms with Gasteiger partial charge in [0.1, 0.15) is 11.4 Å². The molecule has 1 aliphatic carbocycles. The van der Waals surface area contributed by atoms with Gasteiger partial charge < -0.3 is 4.98 Å². The molecule has 0 radical (unpaired) electrons. The van der Waals surface area contributed by atoms with Crippen LogP contribution in [0, 0.1) is 6.92 Å². The van der Waals surface area contributed by atoms with E-state index in [1.807, 2.05) is 6.92 Å². The third-order valence-electron chi connectivity index (χ3n) is 3.51. The lowest BCUT2D eigenvalue weighted by Gasteiger charge is -2.18. The van der Waals surface area contributed by atoms with Gasteiger partial charge in [0.05, 0.1) is 11.1 Å². The van der Waals surface area contributed by atoms with Gasteiger partial charge in [-0.25, -0.2) is 0 Å². The minimum Gasteiger partial charge on any atom is -0.318 e. The number of H-pyrrole nitrogens is 1. The molecule has 5 heteroatoms. The van der Waals surface area contributed by atoms with Crippen LogP contribution in [0.3, 0.4) is 0 Å². The lowest BCUT2D eigenvalue weighted by Crippen LogP contribution is -2.28. The van der Waals surface area contributed by atoms with Crippen molar-refractivity contribution < 1.29 is 9.59 Å². The van der Waals surface area contributed by atoms with Crippen LogP contribution >= 0.6 is 0 Å². The third-order valence-corrected chi connectivity index (χ3v) is 3.51. The highest BCUT2D eigenvalue weighted by Gasteiger charge is 2.33. The minimum atomic E-state index is -0.405. The number of nitrogens with one attached hydrogen (secondary N) is 1. The maximum atomic E-state index is 12.5. The average Bonchev–Trinajstić information content (AvgIpc) is 2.43. The van der Waals surface area contributed by atoms with Crippen LogP contribution in [0.15, 0.2) is 23.1 Å². The lowest BCUT2D eigenvalue weighted by atomic mass is 9.87. The summed E-state index contributed by atoms with van der Waals surface area (Å²) in [5.74, 6) is -0.663. The van der Waals surface area contributed by atoms with Gasteiger partial charge in [-0.1, -0.05) is 6.92 Å². The molecule has 100 valence electrons. The van der Waals surface area contributed by atoms with Crippen molar-refractivity contribution in [1.29, 1.82) is 0 Å². The third kappa shape index (κ3) is 1.63. The largest absolute Gasteiger partial charge is 0.318 e. The van der Waals surface area contributed by atoms with E-state index in [1.165, 1.54) is 6.07 Å². The highest BCUT2D eigenvalue weighted by molar-refractivity contribution is 6.27. The number of aromatic nitrogens is 2. The molecular weight excluding hydrogens is 256 g/mol. The number of rotatable bonds is 1. The molecule has 2 heterocycles. The van der Waals surface area contributed by atoms with Gasteiger partial charge in [0, 0.05) is 12.3 Å². The zero-order chi connectivity index (χ0) is 14.4. The molecule has 1 aliphatic rings. The van der Waals surface area contributed by atoms with E-state index in [0.29, 0.717) is 11.1 Å². The smallest absolute Gasteiger partial charge is 0.248 e. The number of fused-ring (bicyclic) bond motifs is 2. The van der Waals surface area contributed by atoms with E-state index in [4.69, 9.17) is 0 Å². The summed E-state index contributed by atoms with van der Waals surface area (Å²) in [6.45, 7) is 3.61. The number of aryl methyl sites for hydroxylation is 2. The SMILES string of the molecule is CCc1cnc2c(c1)C(=O)c1c(C)cc(=O)[nH]c1C2=O. The molecule has 20 heavy (non-hydrogen) atoms. The van der Waals surface area contributed by atoms with Gasteiger partial charge in [0.25, 0.3) is 0 Å². The molecule has 0 unspecified atom stereocenters. The normalized spacial score (nSPS) is 13.1. The molecule has 0 amide bonds. The van der Waals surface area contributed by atoms with Crippen LogP contribution in [0.25, 0.3) is 0 Å². The summed E-state index contributed by atoms with van der Waals surface area (Å²) in [4.78, 5) is 42.9. The molecular formula is C15H12N2O3. The van der Waals surface area contributed by atoms with E-state index in [-0.39, 0.29) is 22.7 Å². The molecule has 0 bridgehead atoms. The molecule has 0 atom stereocenters. The van der Waals surface area contributed by atoms with Gasteiger partial charge >= 0.3 is 0 Å². The molecule has 0 saturated heterocycles. The Hall–Kier alpha value is -2.56. The summed E-state index contributed by atoms with van der Waals surface area (Å²) >= 11 is 0. The first-order valence-corrected chi connectivity index (χ1v) is 6.35. The Balaban J connectivity index is 2.33. The summed E-state index contributed by atoms with van der Waals surface area (Å²) < 4.78 is 0. The maximum absolute atomic E-state index is 12.5. The van der Waals surface area contributed by atoms with Crippen molar-refractivity contribution >= 4 is 11.6 Å². The van der Waals surface area contributed by atoms with E-state index >= 15 is 0 Å². The molecule has 0 aromatic carbocycles. The molecule has 3 rings (SSSR count). The molecule has 5 nitrogen and oxygen atoms in total. The van der Waals surface area contributed by atoms with E-state index in [9.17, 15) is 14.4 Å². The highest BCUT2D eigenvalue weighted by Crippen LogP contribution is 2.26. The number of ketones is 2. The first-order valence-electron chi connectivity index (χ1n) is 6.35. The topological polar surface area (TPSA) is 79.9 Å². The Morgan fingerprint density at radius 2 is 1.90 bits per heavy atom. The predicted octanol–water partition coefficient (Wildman–Crippen LogP) is 1.42. The van der Waals surface area contributed by atoms with Crippen molar-refractivity contribution in [3.8, 4) is 0 Å². The highest BCUT2D eigenvalue weighted by atomic mass is 16.1. The fourth-order valence-corrected chi connectivity index (χ4v) is 2.46. The fourth-order valence-electron chi connectivity index (χ4n) is 2.46. The standard InChI is InChI=1S/C15H12N2O3/c1-3-8-5-9-12(16-6-8)15(20)13-11(14(9)19)7(2)4-10(18)17-13/h4-6H,3H2,1-2H3,(H,17,18). The van der Waals surface area contributed by atoms with Crippen LogP contribution in [0.4, 0.5) is 0 Å². The fraction of sp³-hybridized carbons (Fsp3) is 0.200. The van der Waals surface area contributed by atoms with Crippen LogP contribution in [0.2, 0.25) is 0 Å². The zero-order valence-electron chi connectivity index (χ0n) is 11.1. The van der Waals surface area contributed by atoms with Crippen molar-refractivity contribution in [2.75, 3.05) is 0 Å². The number of carbonyl (C=O) groups is 2. The second kappa shape index (κ2) is 4.23. The number of hydrogen-bond donors (Lipinski definition) is 1. The number of pyridine rings is 2. The van der Waals surface area contributed by atoms with Crippen molar-refractivity contribution in [1.82, 2.24) is 9.97 Å². The number of hydrogen-bond acceptors (Lipinski definition) is 4. The predicted molar refractivity (Wildman–Crippen MR) is 72.3 cm³/mol.